The highest BCUT2D eigenvalue weighted by Crippen LogP contribution is 2.25. The van der Waals surface area contributed by atoms with E-state index >= 15 is 0 Å². The second-order valence-corrected chi connectivity index (χ2v) is 10.7. The molecular weight excluding hydrogens is 416 g/mol. The highest BCUT2D eigenvalue weighted by atomic mass is 32.2. The number of carbonyl (C=O) groups excluding carboxylic acids is 1. The Morgan fingerprint density at radius 1 is 1.13 bits per heavy atom. The van der Waals surface area contributed by atoms with Gasteiger partial charge in [0.15, 0.2) is 0 Å². The summed E-state index contributed by atoms with van der Waals surface area (Å²) in [6.07, 6.45) is 0. The number of sulfonamides is 1. The zero-order valence-corrected chi connectivity index (χ0v) is 19.8. The van der Waals surface area contributed by atoms with Crippen molar-refractivity contribution in [2.24, 2.45) is 0 Å². The predicted molar refractivity (Wildman–Crippen MR) is 118 cm³/mol. The quantitative estimate of drug-likeness (QED) is 0.677. The first-order chi connectivity index (χ1) is 14.5. The van der Waals surface area contributed by atoms with E-state index in [4.69, 9.17) is 4.74 Å². The maximum atomic E-state index is 13.3. The van der Waals surface area contributed by atoms with Crippen molar-refractivity contribution in [3.63, 3.8) is 0 Å². The number of carbonyl (C=O) groups is 1. The van der Waals surface area contributed by atoms with E-state index in [1.54, 1.807) is 18.7 Å². The molecule has 1 amide bonds. The maximum absolute atomic E-state index is 13.3. The molecule has 0 bridgehead atoms. The van der Waals surface area contributed by atoms with Crippen molar-refractivity contribution in [1.29, 1.82) is 0 Å². The minimum absolute atomic E-state index is 0.0184. The fourth-order valence-electron chi connectivity index (χ4n) is 3.80. The number of ether oxygens (including phenoxy) is 1. The number of hydrogen-bond acceptors (Lipinski definition) is 5. The third-order valence-electron chi connectivity index (χ3n) is 5.46. The van der Waals surface area contributed by atoms with E-state index in [9.17, 15) is 13.2 Å². The average Bonchev–Trinajstić information content (AvgIpc) is 3.00. The van der Waals surface area contributed by atoms with Crippen molar-refractivity contribution in [1.82, 2.24) is 19.0 Å². The molecule has 0 N–H and O–H groups in total. The Labute approximate surface area is 184 Å². The Hall–Kier alpha value is -2.23. The normalized spacial score (nSPS) is 15.8. The molecule has 1 fully saturated rings. The molecule has 1 aliphatic heterocycles. The van der Waals surface area contributed by atoms with Gasteiger partial charge in [0, 0.05) is 25.2 Å². The first-order valence-electron chi connectivity index (χ1n) is 10.5. The fraction of sp³-hybridized carbons (Fsp3) is 0.545. The molecular formula is C22H32N4O4S. The van der Waals surface area contributed by atoms with E-state index in [1.165, 1.54) is 8.99 Å². The molecule has 0 radical (unpaired) electrons. The standard InChI is InChI=1S/C22H32N4O4S/c1-17-21(31(28,29)24-11-13-30-14-12-24)18(2)26(23-17)16-20(27)25(22(3,4)5)15-19-9-7-6-8-10-19/h6-10H,11-16H2,1-5H3. The van der Waals surface area contributed by atoms with Gasteiger partial charge in [0.05, 0.1) is 24.6 Å². The smallest absolute Gasteiger partial charge is 0.246 e. The fourth-order valence-corrected chi connectivity index (χ4v) is 5.58. The van der Waals surface area contributed by atoms with E-state index in [0.29, 0.717) is 44.2 Å². The van der Waals surface area contributed by atoms with Crippen LogP contribution in [0.1, 0.15) is 37.7 Å². The van der Waals surface area contributed by atoms with Gasteiger partial charge in [-0.25, -0.2) is 8.42 Å². The molecule has 0 saturated carbocycles. The van der Waals surface area contributed by atoms with E-state index in [0.717, 1.165) is 5.56 Å². The molecule has 2 heterocycles. The van der Waals surface area contributed by atoms with E-state index < -0.39 is 15.6 Å². The van der Waals surface area contributed by atoms with Crippen LogP contribution in [-0.4, -0.2) is 65.2 Å². The largest absolute Gasteiger partial charge is 0.379 e. The zero-order valence-electron chi connectivity index (χ0n) is 19.0. The minimum atomic E-state index is -3.69. The molecule has 9 heteroatoms. The topological polar surface area (TPSA) is 84.7 Å². The van der Waals surface area contributed by atoms with Gasteiger partial charge in [0.1, 0.15) is 11.4 Å². The van der Waals surface area contributed by atoms with E-state index in [2.05, 4.69) is 5.10 Å². The third kappa shape index (κ3) is 5.16. The molecule has 1 aliphatic rings. The number of morpholine rings is 1. The van der Waals surface area contributed by atoms with Crippen LogP contribution >= 0.6 is 0 Å². The van der Waals surface area contributed by atoms with Crippen LogP contribution in [0, 0.1) is 13.8 Å². The Bertz CT molecular complexity index is 1020. The number of aromatic nitrogens is 2. The van der Waals surface area contributed by atoms with Crippen LogP contribution in [0.4, 0.5) is 0 Å². The summed E-state index contributed by atoms with van der Waals surface area (Å²) in [6, 6.07) is 9.82. The lowest BCUT2D eigenvalue weighted by Crippen LogP contribution is -2.46. The summed E-state index contributed by atoms with van der Waals surface area (Å²) in [5, 5.41) is 4.41. The van der Waals surface area contributed by atoms with Crippen LogP contribution in [-0.2, 0) is 32.6 Å². The molecule has 1 aromatic heterocycles. The molecule has 170 valence electrons. The number of benzene rings is 1. The van der Waals surface area contributed by atoms with Gasteiger partial charge in [-0.1, -0.05) is 30.3 Å². The Balaban J connectivity index is 1.86. The van der Waals surface area contributed by atoms with Crippen molar-refractivity contribution in [2.75, 3.05) is 26.3 Å². The second kappa shape index (κ2) is 9.10. The summed E-state index contributed by atoms with van der Waals surface area (Å²) in [4.78, 5) is 15.3. The van der Waals surface area contributed by atoms with Gasteiger partial charge < -0.3 is 9.64 Å². The number of nitrogens with zero attached hydrogens (tertiary/aromatic N) is 4. The van der Waals surface area contributed by atoms with Crippen molar-refractivity contribution >= 4 is 15.9 Å². The molecule has 31 heavy (non-hydrogen) atoms. The van der Waals surface area contributed by atoms with Crippen molar-refractivity contribution < 1.29 is 17.9 Å². The summed E-state index contributed by atoms with van der Waals surface area (Å²) in [5.74, 6) is -0.114. The zero-order chi connectivity index (χ0) is 22.8. The molecule has 0 atom stereocenters. The number of rotatable bonds is 6. The van der Waals surface area contributed by atoms with Crippen molar-refractivity contribution in [2.45, 2.75) is 58.1 Å². The Morgan fingerprint density at radius 2 is 1.74 bits per heavy atom. The van der Waals surface area contributed by atoms with Gasteiger partial charge >= 0.3 is 0 Å². The number of amides is 1. The summed E-state index contributed by atoms with van der Waals surface area (Å²) in [7, 11) is -3.69. The number of aryl methyl sites for hydroxylation is 1. The summed E-state index contributed by atoms with van der Waals surface area (Å²) in [5.41, 5.74) is 1.52. The second-order valence-electron chi connectivity index (χ2n) is 8.81. The lowest BCUT2D eigenvalue weighted by molar-refractivity contribution is -0.137. The number of hydrogen-bond donors (Lipinski definition) is 0. The minimum Gasteiger partial charge on any atom is -0.379 e. The van der Waals surface area contributed by atoms with Gasteiger partial charge in [0.2, 0.25) is 15.9 Å². The molecule has 0 aliphatic carbocycles. The van der Waals surface area contributed by atoms with Crippen LogP contribution in [0.5, 0.6) is 0 Å². The first kappa shape index (κ1) is 23.4. The summed E-state index contributed by atoms with van der Waals surface area (Å²) >= 11 is 0. The van der Waals surface area contributed by atoms with E-state index in [1.807, 2.05) is 51.1 Å². The average molecular weight is 449 g/mol. The van der Waals surface area contributed by atoms with E-state index in [-0.39, 0.29) is 17.3 Å². The molecule has 1 aromatic carbocycles. The van der Waals surface area contributed by atoms with Gasteiger partial charge in [0.25, 0.3) is 0 Å². The summed E-state index contributed by atoms with van der Waals surface area (Å²) in [6.45, 7) is 11.2. The third-order valence-corrected chi connectivity index (χ3v) is 7.61. The molecule has 2 aromatic rings. The molecule has 0 unspecified atom stereocenters. The maximum Gasteiger partial charge on any atom is 0.246 e. The van der Waals surface area contributed by atoms with Crippen LogP contribution in [0.2, 0.25) is 0 Å². The van der Waals surface area contributed by atoms with Crippen molar-refractivity contribution in [3.8, 4) is 0 Å². The SMILES string of the molecule is Cc1nn(CC(=O)N(Cc2ccccc2)C(C)(C)C)c(C)c1S(=O)(=O)N1CCOCC1. The molecule has 8 nitrogen and oxygen atoms in total. The van der Waals surface area contributed by atoms with Gasteiger partial charge in [-0.2, -0.15) is 9.40 Å². The highest BCUT2D eigenvalue weighted by Gasteiger charge is 2.33. The van der Waals surface area contributed by atoms with Gasteiger partial charge in [-0.15, -0.1) is 0 Å². The summed E-state index contributed by atoms with van der Waals surface area (Å²) < 4.78 is 34.6. The molecule has 3 rings (SSSR count). The van der Waals surface area contributed by atoms with Gasteiger partial charge in [-0.05, 0) is 40.2 Å². The highest BCUT2D eigenvalue weighted by molar-refractivity contribution is 7.89. The molecule has 1 saturated heterocycles. The van der Waals surface area contributed by atoms with Crippen LogP contribution in [0.3, 0.4) is 0 Å². The lowest BCUT2D eigenvalue weighted by atomic mass is 10.0. The lowest BCUT2D eigenvalue weighted by Gasteiger charge is -2.36. The van der Waals surface area contributed by atoms with Gasteiger partial charge in [-0.3, -0.25) is 9.48 Å². The Morgan fingerprint density at radius 3 is 2.32 bits per heavy atom. The predicted octanol–water partition coefficient (Wildman–Crippen LogP) is 2.35. The monoisotopic (exact) mass is 448 g/mol. The van der Waals surface area contributed by atoms with Crippen LogP contribution in [0.15, 0.2) is 35.2 Å². The molecule has 0 spiro atoms. The first-order valence-corrected chi connectivity index (χ1v) is 11.9. The Kier molecular flexibility index (Phi) is 6.88. The van der Waals surface area contributed by atoms with Crippen molar-refractivity contribution in [3.05, 3.63) is 47.3 Å². The van der Waals surface area contributed by atoms with Crippen LogP contribution < -0.4 is 0 Å². The van der Waals surface area contributed by atoms with Crippen LogP contribution in [0.25, 0.3) is 0 Å².